The predicted molar refractivity (Wildman–Crippen MR) is 125 cm³/mol. The highest BCUT2D eigenvalue weighted by atomic mass is 35.5. The van der Waals surface area contributed by atoms with Crippen molar-refractivity contribution in [3.05, 3.63) is 58.9 Å². The Hall–Kier alpha value is -2.86. The summed E-state index contributed by atoms with van der Waals surface area (Å²) in [7, 11) is -2.39. The van der Waals surface area contributed by atoms with Crippen molar-refractivity contribution in [2.45, 2.75) is 11.3 Å². The molecular formula is C22H23ClFN5O4S. The second-order valence-corrected chi connectivity index (χ2v) is 9.75. The number of anilines is 1. The number of nitrogens with one attached hydrogen (secondary N) is 1. The molecule has 9 nitrogen and oxygen atoms in total. The summed E-state index contributed by atoms with van der Waals surface area (Å²) < 4.78 is 51.2. The van der Waals surface area contributed by atoms with Crippen LogP contribution in [0.25, 0.3) is 11.4 Å². The molecular weight excluding hydrogens is 485 g/mol. The van der Waals surface area contributed by atoms with Gasteiger partial charge in [0.1, 0.15) is 10.7 Å². The molecule has 1 aliphatic heterocycles. The summed E-state index contributed by atoms with van der Waals surface area (Å²) in [5.74, 6) is 0.198. The van der Waals surface area contributed by atoms with Crippen LogP contribution in [-0.4, -0.2) is 67.6 Å². The van der Waals surface area contributed by atoms with Gasteiger partial charge in [-0.15, -0.1) is 0 Å². The molecule has 1 saturated heterocycles. The highest BCUT2D eigenvalue weighted by Gasteiger charge is 2.29. The summed E-state index contributed by atoms with van der Waals surface area (Å²) in [6.45, 7) is 1.65. The van der Waals surface area contributed by atoms with E-state index < -0.39 is 10.0 Å². The normalized spacial score (nSPS) is 14.7. The van der Waals surface area contributed by atoms with Gasteiger partial charge in [-0.1, -0.05) is 23.7 Å². The summed E-state index contributed by atoms with van der Waals surface area (Å²) in [6.07, 6.45) is 0.618. The zero-order valence-corrected chi connectivity index (χ0v) is 19.9. The van der Waals surface area contributed by atoms with Gasteiger partial charge in [-0.3, -0.25) is 0 Å². The van der Waals surface area contributed by atoms with Crippen LogP contribution in [0.3, 0.4) is 0 Å². The smallest absolute Gasteiger partial charge is 0.321 e. The van der Waals surface area contributed by atoms with Crippen LogP contribution in [0.15, 0.2) is 47.4 Å². The van der Waals surface area contributed by atoms with Gasteiger partial charge in [-0.25, -0.2) is 12.8 Å². The Morgan fingerprint density at radius 2 is 1.85 bits per heavy atom. The van der Waals surface area contributed by atoms with Crippen molar-refractivity contribution in [1.29, 1.82) is 0 Å². The zero-order chi connectivity index (χ0) is 24.1. The maximum absolute atomic E-state index is 13.2. The lowest BCUT2D eigenvalue weighted by Gasteiger charge is -2.26. The predicted octanol–water partition coefficient (Wildman–Crippen LogP) is 3.02. The van der Waals surface area contributed by atoms with E-state index in [0.717, 1.165) is 5.56 Å². The van der Waals surface area contributed by atoms with E-state index in [4.69, 9.17) is 21.1 Å². The molecule has 0 aliphatic carbocycles. The van der Waals surface area contributed by atoms with E-state index in [1.54, 1.807) is 18.2 Å². The summed E-state index contributed by atoms with van der Waals surface area (Å²) in [4.78, 5) is 12.9. The molecule has 0 radical (unpaired) electrons. The van der Waals surface area contributed by atoms with Crippen LogP contribution in [-0.2, 0) is 21.2 Å². The molecule has 4 rings (SSSR count). The Morgan fingerprint density at radius 1 is 1.12 bits per heavy atom. The minimum atomic E-state index is -3.82. The minimum Gasteiger partial charge on any atom is -0.467 e. The SMILES string of the molecule is COc1nc(NCCc2ccc(F)cc2)nc(-c2ccc(Cl)c(S(=O)(=O)N3CCOCC3)c2)n1. The minimum absolute atomic E-state index is 0.0289. The number of benzene rings is 2. The maximum Gasteiger partial charge on any atom is 0.321 e. The third kappa shape index (κ3) is 5.61. The van der Waals surface area contributed by atoms with Crippen molar-refractivity contribution in [2.75, 3.05) is 45.3 Å². The molecule has 3 aromatic rings. The van der Waals surface area contributed by atoms with Gasteiger partial charge < -0.3 is 14.8 Å². The van der Waals surface area contributed by atoms with Crippen molar-refractivity contribution >= 4 is 27.6 Å². The van der Waals surface area contributed by atoms with Crippen LogP contribution in [0, 0.1) is 5.82 Å². The standard InChI is InChI=1S/C22H23ClFN5O4S/c1-32-22-27-20(26-21(28-22)25-9-8-15-2-5-17(24)6-3-15)16-4-7-18(23)19(14-16)34(30,31)29-10-12-33-13-11-29/h2-7,14H,8-13H2,1H3,(H,25,26,27,28). The first kappa shape index (κ1) is 24.3. The molecule has 180 valence electrons. The Balaban J connectivity index is 1.58. The number of aromatic nitrogens is 3. The molecule has 1 aliphatic rings. The molecule has 1 aromatic heterocycles. The Morgan fingerprint density at radius 3 is 2.56 bits per heavy atom. The van der Waals surface area contributed by atoms with E-state index in [1.165, 1.54) is 35.7 Å². The van der Waals surface area contributed by atoms with Gasteiger partial charge in [0.05, 0.1) is 25.3 Å². The Labute approximate surface area is 202 Å². The van der Waals surface area contributed by atoms with E-state index in [1.807, 2.05) is 0 Å². The molecule has 1 N–H and O–H groups in total. The molecule has 0 spiro atoms. The van der Waals surface area contributed by atoms with Gasteiger partial charge >= 0.3 is 6.01 Å². The topological polar surface area (TPSA) is 107 Å². The average molecular weight is 508 g/mol. The van der Waals surface area contributed by atoms with Crippen LogP contribution < -0.4 is 10.1 Å². The maximum atomic E-state index is 13.2. The second kappa shape index (κ2) is 10.6. The average Bonchev–Trinajstić information content (AvgIpc) is 2.85. The van der Waals surface area contributed by atoms with E-state index in [2.05, 4.69) is 20.3 Å². The first-order valence-electron chi connectivity index (χ1n) is 10.5. The van der Waals surface area contributed by atoms with Gasteiger partial charge in [-0.05, 0) is 42.3 Å². The fourth-order valence-corrected chi connectivity index (χ4v) is 5.30. The number of methoxy groups -OCH3 is 1. The van der Waals surface area contributed by atoms with E-state index in [0.29, 0.717) is 31.7 Å². The summed E-state index contributed by atoms with van der Waals surface area (Å²) in [5.41, 5.74) is 1.39. The third-order valence-corrected chi connectivity index (χ3v) is 7.56. The van der Waals surface area contributed by atoms with Crippen LogP contribution >= 0.6 is 11.6 Å². The van der Waals surface area contributed by atoms with Gasteiger partial charge in [0.2, 0.25) is 16.0 Å². The number of ether oxygens (including phenoxy) is 2. The lowest BCUT2D eigenvalue weighted by Crippen LogP contribution is -2.40. The molecule has 2 heterocycles. The van der Waals surface area contributed by atoms with Crippen LogP contribution in [0.1, 0.15) is 5.56 Å². The summed E-state index contributed by atoms with van der Waals surface area (Å²) >= 11 is 6.26. The molecule has 1 fully saturated rings. The lowest BCUT2D eigenvalue weighted by atomic mass is 10.1. The summed E-state index contributed by atoms with van der Waals surface area (Å²) in [5, 5.41) is 3.20. The summed E-state index contributed by atoms with van der Waals surface area (Å²) in [6, 6.07) is 10.9. The Kier molecular flexibility index (Phi) is 7.57. The fraction of sp³-hybridized carbons (Fsp3) is 0.318. The lowest BCUT2D eigenvalue weighted by molar-refractivity contribution is 0.0730. The number of sulfonamides is 1. The Bertz CT molecular complexity index is 1250. The highest BCUT2D eigenvalue weighted by molar-refractivity contribution is 7.89. The van der Waals surface area contributed by atoms with Gasteiger partial charge in [0, 0.05) is 25.2 Å². The molecule has 0 saturated carbocycles. The molecule has 0 bridgehead atoms. The third-order valence-electron chi connectivity index (χ3n) is 5.18. The number of nitrogens with zero attached hydrogens (tertiary/aromatic N) is 4. The van der Waals surface area contributed by atoms with E-state index in [-0.39, 0.29) is 46.6 Å². The zero-order valence-electron chi connectivity index (χ0n) is 18.4. The first-order valence-corrected chi connectivity index (χ1v) is 12.3. The number of hydrogen-bond donors (Lipinski definition) is 1. The van der Waals surface area contributed by atoms with Gasteiger partial charge in [0.25, 0.3) is 0 Å². The molecule has 2 aromatic carbocycles. The molecule has 34 heavy (non-hydrogen) atoms. The van der Waals surface area contributed by atoms with Crippen LogP contribution in [0.2, 0.25) is 5.02 Å². The second-order valence-electron chi connectivity index (χ2n) is 7.43. The van der Waals surface area contributed by atoms with E-state index in [9.17, 15) is 12.8 Å². The van der Waals surface area contributed by atoms with Crippen molar-refractivity contribution < 1.29 is 22.3 Å². The van der Waals surface area contributed by atoms with Crippen molar-refractivity contribution in [2.24, 2.45) is 0 Å². The first-order chi connectivity index (χ1) is 16.4. The van der Waals surface area contributed by atoms with Crippen molar-refractivity contribution in [3.8, 4) is 17.4 Å². The van der Waals surface area contributed by atoms with Crippen molar-refractivity contribution in [1.82, 2.24) is 19.3 Å². The van der Waals surface area contributed by atoms with Gasteiger partial charge in [0.15, 0.2) is 5.82 Å². The molecule has 0 unspecified atom stereocenters. The van der Waals surface area contributed by atoms with Crippen LogP contribution in [0.4, 0.5) is 10.3 Å². The number of hydrogen-bond acceptors (Lipinski definition) is 8. The van der Waals surface area contributed by atoms with E-state index >= 15 is 0 Å². The molecule has 0 amide bonds. The van der Waals surface area contributed by atoms with Crippen LogP contribution in [0.5, 0.6) is 6.01 Å². The van der Waals surface area contributed by atoms with Crippen molar-refractivity contribution in [3.63, 3.8) is 0 Å². The fourth-order valence-electron chi connectivity index (χ4n) is 3.39. The quantitative estimate of drug-likeness (QED) is 0.496. The number of halogens is 2. The monoisotopic (exact) mass is 507 g/mol. The number of morpholine rings is 1. The van der Waals surface area contributed by atoms with Gasteiger partial charge in [-0.2, -0.15) is 19.3 Å². The highest BCUT2D eigenvalue weighted by Crippen LogP contribution is 2.30. The number of rotatable bonds is 8. The largest absolute Gasteiger partial charge is 0.467 e. The molecule has 12 heteroatoms. The molecule has 0 atom stereocenters.